The molecular weight excluding hydrogens is 294 g/mol. The minimum absolute atomic E-state index is 0.0818. The SMILES string of the molecule is CSc1ccccc1C(=O)N[C@H](CO)Cc1ccccc1C. The molecule has 2 aromatic carbocycles. The third kappa shape index (κ3) is 4.12. The Balaban J connectivity index is 2.10. The van der Waals surface area contributed by atoms with Gasteiger partial charge in [-0.05, 0) is 42.9 Å². The summed E-state index contributed by atoms with van der Waals surface area (Å²) in [6.07, 6.45) is 2.57. The van der Waals surface area contributed by atoms with E-state index >= 15 is 0 Å². The van der Waals surface area contributed by atoms with Crippen LogP contribution in [0.3, 0.4) is 0 Å². The van der Waals surface area contributed by atoms with Gasteiger partial charge in [0.15, 0.2) is 0 Å². The molecule has 0 unspecified atom stereocenters. The molecule has 0 saturated heterocycles. The van der Waals surface area contributed by atoms with E-state index in [0.29, 0.717) is 12.0 Å². The van der Waals surface area contributed by atoms with Crippen molar-refractivity contribution in [1.82, 2.24) is 5.32 Å². The zero-order valence-electron chi connectivity index (χ0n) is 12.9. The van der Waals surface area contributed by atoms with Gasteiger partial charge in [0.1, 0.15) is 0 Å². The number of nitrogens with one attached hydrogen (secondary N) is 1. The summed E-state index contributed by atoms with van der Waals surface area (Å²) in [4.78, 5) is 13.4. The Morgan fingerprint density at radius 3 is 2.55 bits per heavy atom. The van der Waals surface area contributed by atoms with Crippen LogP contribution in [-0.4, -0.2) is 29.9 Å². The number of aliphatic hydroxyl groups is 1. The highest BCUT2D eigenvalue weighted by molar-refractivity contribution is 7.98. The van der Waals surface area contributed by atoms with Crippen LogP contribution in [0.25, 0.3) is 0 Å². The zero-order chi connectivity index (χ0) is 15.9. The predicted octanol–water partition coefficient (Wildman–Crippen LogP) is 3.05. The van der Waals surface area contributed by atoms with Gasteiger partial charge in [0.25, 0.3) is 5.91 Å². The second-order valence-electron chi connectivity index (χ2n) is 5.18. The summed E-state index contributed by atoms with van der Waals surface area (Å²) in [5, 5.41) is 12.5. The minimum Gasteiger partial charge on any atom is -0.394 e. The number of aliphatic hydroxyl groups excluding tert-OH is 1. The maximum atomic E-state index is 12.4. The molecule has 2 rings (SSSR count). The van der Waals surface area contributed by atoms with Gasteiger partial charge in [-0.25, -0.2) is 0 Å². The van der Waals surface area contributed by atoms with E-state index in [1.807, 2.05) is 61.7 Å². The van der Waals surface area contributed by atoms with E-state index in [1.165, 1.54) is 5.56 Å². The van der Waals surface area contributed by atoms with Crippen molar-refractivity contribution in [2.24, 2.45) is 0 Å². The zero-order valence-corrected chi connectivity index (χ0v) is 13.7. The lowest BCUT2D eigenvalue weighted by atomic mass is 10.0. The first kappa shape index (κ1) is 16.6. The van der Waals surface area contributed by atoms with Crippen molar-refractivity contribution in [3.8, 4) is 0 Å². The molecule has 4 heteroatoms. The van der Waals surface area contributed by atoms with E-state index in [0.717, 1.165) is 10.5 Å². The molecule has 0 aliphatic heterocycles. The van der Waals surface area contributed by atoms with Crippen molar-refractivity contribution in [3.05, 3.63) is 65.2 Å². The molecule has 0 aromatic heterocycles. The molecule has 0 bridgehead atoms. The molecule has 3 nitrogen and oxygen atoms in total. The average molecular weight is 315 g/mol. The molecule has 0 aliphatic rings. The second-order valence-corrected chi connectivity index (χ2v) is 6.03. The Kier molecular flexibility index (Phi) is 6.04. The molecular formula is C18H21NO2S. The average Bonchev–Trinajstić information content (AvgIpc) is 2.56. The molecule has 22 heavy (non-hydrogen) atoms. The highest BCUT2D eigenvalue weighted by atomic mass is 32.2. The highest BCUT2D eigenvalue weighted by Crippen LogP contribution is 2.20. The minimum atomic E-state index is -0.288. The van der Waals surface area contributed by atoms with Crippen LogP contribution < -0.4 is 5.32 Å². The third-order valence-electron chi connectivity index (χ3n) is 3.63. The molecule has 2 N–H and O–H groups in total. The number of benzene rings is 2. The lowest BCUT2D eigenvalue weighted by molar-refractivity contribution is 0.0913. The molecule has 0 radical (unpaired) electrons. The molecule has 1 atom stereocenters. The first-order valence-corrected chi connectivity index (χ1v) is 8.47. The number of carbonyl (C=O) groups is 1. The van der Waals surface area contributed by atoms with Crippen LogP contribution in [0.15, 0.2) is 53.4 Å². The van der Waals surface area contributed by atoms with Crippen LogP contribution in [-0.2, 0) is 6.42 Å². The Hall–Kier alpha value is -1.78. The van der Waals surface area contributed by atoms with E-state index in [-0.39, 0.29) is 18.6 Å². The third-order valence-corrected chi connectivity index (χ3v) is 4.43. The van der Waals surface area contributed by atoms with Crippen LogP contribution >= 0.6 is 11.8 Å². The Labute approximate surface area is 135 Å². The van der Waals surface area contributed by atoms with Crippen LogP contribution in [0.4, 0.5) is 0 Å². The fraction of sp³-hybridized carbons (Fsp3) is 0.278. The lowest BCUT2D eigenvalue weighted by Crippen LogP contribution is -2.39. The van der Waals surface area contributed by atoms with Crippen LogP contribution in [0.1, 0.15) is 21.5 Å². The van der Waals surface area contributed by atoms with Gasteiger partial charge >= 0.3 is 0 Å². The first-order valence-electron chi connectivity index (χ1n) is 7.25. The summed E-state index contributed by atoms with van der Waals surface area (Å²) in [7, 11) is 0. The quantitative estimate of drug-likeness (QED) is 0.806. The molecule has 0 fully saturated rings. The maximum Gasteiger partial charge on any atom is 0.252 e. The van der Waals surface area contributed by atoms with Crippen molar-refractivity contribution in [2.75, 3.05) is 12.9 Å². The van der Waals surface area contributed by atoms with E-state index in [2.05, 4.69) is 5.32 Å². The smallest absolute Gasteiger partial charge is 0.252 e. The van der Waals surface area contributed by atoms with E-state index in [1.54, 1.807) is 11.8 Å². The summed E-state index contributed by atoms with van der Waals surface area (Å²) < 4.78 is 0. The first-order chi connectivity index (χ1) is 10.7. The van der Waals surface area contributed by atoms with Gasteiger partial charge in [0.2, 0.25) is 0 Å². The number of thioether (sulfide) groups is 1. The van der Waals surface area contributed by atoms with Gasteiger partial charge in [0, 0.05) is 4.90 Å². The summed E-state index contributed by atoms with van der Waals surface area (Å²) in [6.45, 7) is 1.95. The largest absolute Gasteiger partial charge is 0.394 e. The van der Waals surface area contributed by atoms with Crippen molar-refractivity contribution >= 4 is 17.7 Å². The molecule has 0 heterocycles. The summed E-state index contributed by atoms with van der Waals surface area (Å²) in [5.41, 5.74) is 2.96. The summed E-state index contributed by atoms with van der Waals surface area (Å²) >= 11 is 1.54. The van der Waals surface area contributed by atoms with Gasteiger partial charge in [-0.3, -0.25) is 4.79 Å². The van der Waals surface area contributed by atoms with Crippen LogP contribution in [0, 0.1) is 6.92 Å². The van der Waals surface area contributed by atoms with Crippen molar-refractivity contribution in [3.63, 3.8) is 0 Å². The molecule has 0 aliphatic carbocycles. The van der Waals surface area contributed by atoms with Crippen molar-refractivity contribution in [1.29, 1.82) is 0 Å². The van der Waals surface area contributed by atoms with Gasteiger partial charge in [0.05, 0.1) is 18.2 Å². The molecule has 0 spiro atoms. The van der Waals surface area contributed by atoms with E-state index in [9.17, 15) is 9.90 Å². The Morgan fingerprint density at radius 1 is 1.18 bits per heavy atom. The number of aryl methyl sites for hydroxylation is 1. The standard InChI is InChI=1S/C18H21NO2S/c1-13-7-3-4-8-14(13)11-15(12-20)19-18(21)16-9-5-6-10-17(16)22-2/h3-10,15,20H,11-12H2,1-2H3,(H,19,21)/t15-/m0/s1. The number of carbonyl (C=O) groups excluding carboxylic acids is 1. The topological polar surface area (TPSA) is 49.3 Å². The number of amides is 1. The van der Waals surface area contributed by atoms with E-state index in [4.69, 9.17) is 0 Å². The Morgan fingerprint density at radius 2 is 1.86 bits per heavy atom. The van der Waals surface area contributed by atoms with E-state index < -0.39 is 0 Å². The number of rotatable bonds is 6. The number of hydrogen-bond donors (Lipinski definition) is 2. The van der Waals surface area contributed by atoms with Crippen molar-refractivity contribution < 1.29 is 9.90 Å². The van der Waals surface area contributed by atoms with Gasteiger partial charge in [-0.2, -0.15) is 0 Å². The number of hydrogen-bond acceptors (Lipinski definition) is 3. The van der Waals surface area contributed by atoms with Crippen molar-refractivity contribution in [2.45, 2.75) is 24.3 Å². The molecule has 2 aromatic rings. The molecule has 116 valence electrons. The summed E-state index contributed by atoms with van der Waals surface area (Å²) in [6, 6.07) is 15.2. The maximum absolute atomic E-state index is 12.4. The normalized spacial score (nSPS) is 12.0. The predicted molar refractivity (Wildman–Crippen MR) is 91.4 cm³/mol. The fourth-order valence-corrected chi connectivity index (χ4v) is 2.96. The van der Waals surface area contributed by atoms with Crippen LogP contribution in [0.2, 0.25) is 0 Å². The van der Waals surface area contributed by atoms with Gasteiger partial charge in [-0.1, -0.05) is 36.4 Å². The highest BCUT2D eigenvalue weighted by Gasteiger charge is 2.16. The fourth-order valence-electron chi connectivity index (χ4n) is 2.36. The lowest BCUT2D eigenvalue weighted by Gasteiger charge is -2.18. The molecule has 1 amide bonds. The monoisotopic (exact) mass is 315 g/mol. The summed E-state index contributed by atoms with van der Waals surface area (Å²) in [5.74, 6) is -0.141. The Bertz CT molecular complexity index is 642. The van der Waals surface area contributed by atoms with Gasteiger partial charge < -0.3 is 10.4 Å². The molecule has 0 saturated carbocycles. The van der Waals surface area contributed by atoms with Crippen LogP contribution in [0.5, 0.6) is 0 Å². The van der Waals surface area contributed by atoms with Gasteiger partial charge in [-0.15, -0.1) is 11.8 Å². The second kappa shape index (κ2) is 8.01.